The predicted molar refractivity (Wildman–Crippen MR) is 62.5 cm³/mol. The Kier molecular flexibility index (Phi) is 2.29. The Morgan fingerprint density at radius 2 is 2.06 bits per heavy atom. The molecule has 0 spiro atoms. The van der Waals surface area contributed by atoms with Crippen LogP contribution in [0.5, 0.6) is 5.75 Å². The Bertz CT molecular complexity index is 567. The van der Waals surface area contributed by atoms with Crippen LogP contribution < -0.4 is 15.0 Å². The van der Waals surface area contributed by atoms with Gasteiger partial charge in [-0.15, -0.1) is 0 Å². The second-order valence-corrected chi connectivity index (χ2v) is 4.21. The van der Waals surface area contributed by atoms with Gasteiger partial charge in [0.1, 0.15) is 5.75 Å². The van der Waals surface area contributed by atoms with Crippen molar-refractivity contribution >= 4 is 29.0 Å². The molecule has 0 aromatic heterocycles. The van der Waals surface area contributed by atoms with E-state index in [2.05, 4.69) is 5.32 Å². The van der Waals surface area contributed by atoms with Crippen LogP contribution in [-0.4, -0.2) is 30.7 Å². The zero-order valence-corrected chi connectivity index (χ0v) is 9.43. The number of nitrogens with one attached hydrogen (secondary N) is 1. The Morgan fingerprint density at radius 3 is 2.78 bits per heavy atom. The second kappa shape index (κ2) is 3.83. The summed E-state index contributed by atoms with van der Waals surface area (Å²) in [6, 6.07) is 5.01. The summed E-state index contributed by atoms with van der Waals surface area (Å²) >= 11 is 0. The first-order chi connectivity index (χ1) is 8.63. The molecule has 0 atom stereocenters. The highest BCUT2D eigenvalue weighted by molar-refractivity contribution is 6.15. The van der Waals surface area contributed by atoms with E-state index in [9.17, 15) is 14.4 Å². The topological polar surface area (TPSA) is 75.7 Å². The van der Waals surface area contributed by atoms with Gasteiger partial charge in [0.05, 0.1) is 18.7 Å². The Labute approximate surface area is 103 Å². The normalized spacial score (nSPS) is 18.4. The monoisotopic (exact) mass is 246 g/mol. The number of hydrogen-bond acceptors (Lipinski definition) is 4. The van der Waals surface area contributed by atoms with Gasteiger partial charge in [0.2, 0.25) is 5.91 Å². The van der Waals surface area contributed by atoms with E-state index in [1.165, 1.54) is 4.90 Å². The molecule has 0 aliphatic carbocycles. The lowest BCUT2D eigenvalue weighted by atomic mass is 10.2. The highest BCUT2D eigenvalue weighted by atomic mass is 16.5. The molecular formula is C12H10N2O4. The number of Topliss-reactive ketones (excluding diaryl/α,β-unsaturated/α-hetero) is 1. The van der Waals surface area contributed by atoms with E-state index in [4.69, 9.17) is 4.74 Å². The third kappa shape index (κ3) is 1.71. The van der Waals surface area contributed by atoms with E-state index in [-0.39, 0.29) is 37.2 Å². The van der Waals surface area contributed by atoms with E-state index >= 15 is 0 Å². The van der Waals surface area contributed by atoms with Crippen LogP contribution in [0.4, 0.5) is 11.4 Å². The molecule has 1 aromatic rings. The maximum atomic E-state index is 11.6. The van der Waals surface area contributed by atoms with Crippen molar-refractivity contribution in [1.82, 2.24) is 0 Å². The summed E-state index contributed by atoms with van der Waals surface area (Å²) in [5.41, 5.74) is 1.19. The zero-order valence-electron chi connectivity index (χ0n) is 9.43. The maximum Gasteiger partial charge on any atom is 0.262 e. The van der Waals surface area contributed by atoms with Gasteiger partial charge in [0.25, 0.3) is 5.91 Å². The van der Waals surface area contributed by atoms with Crippen LogP contribution in [0.3, 0.4) is 0 Å². The molecule has 2 aliphatic rings. The Balaban J connectivity index is 1.93. The summed E-state index contributed by atoms with van der Waals surface area (Å²) in [5, 5.41) is 2.66. The molecule has 1 fully saturated rings. The molecule has 1 saturated heterocycles. The molecule has 0 bridgehead atoms. The van der Waals surface area contributed by atoms with E-state index in [0.717, 1.165) is 0 Å². The van der Waals surface area contributed by atoms with Gasteiger partial charge in [-0.3, -0.25) is 14.4 Å². The van der Waals surface area contributed by atoms with Gasteiger partial charge in [-0.25, -0.2) is 0 Å². The van der Waals surface area contributed by atoms with Crippen molar-refractivity contribution in [2.24, 2.45) is 0 Å². The number of benzene rings is 1. The third-order valence-electron chi connectivity index (χ3n) is 2.89. The van der Waals surface area contributed by atoms with Crippen LogP contribution in [0, 0.1) is 0 Å². The zero-order chi connectivity index (χ0) is 12.7. The Morgan fingerprint density at radius 1 is 1.22 bits per heavy atom. The number of rotatable bonds is 1. The number of anilines is 2. The van der Waals surface area contributed by atoms with Crippen LogP contribution in [0.1, 0.15) is 6.42 Å². The molecule has 0 unspecified atom stereocenters. The first-order valence-electron chi connectivity index (χ1n) is 5.52. The van der Waals surface area contributed by atoms with Gasteiger partial charge in [0.15, 0.2) is 12.4 Å². The van der Waals surface area contributed by atoms with Crippen molar-refractivity contribution in [1.29, 1.82) is 0 Å². The standard InChI is InChI=1S/C12H10N2O4/c15-8-4-12(17)14(5-8)7-1-2-9-10(3-7)18-6-11(16)13-9/h1-3H,4-6H2,(H,13,16). The van der Waals surface area contributed by atoms with Crippen LogP contribution >= 0.6 is 0 Å². The van der Waals surface area contributed by atoms with Crippen molar-refractivity contribution in [3.63, 3.8) is 0 Å². The van der Waals surface area contributed by atoms with Crippen molar-refractivity contribution in [3.8, 4) is 5.75 Å². The van der Waals surface area contributed by atoms with Crippen LogP contribution in [0.2, 0.25) is 0 Å². The Hall–Kier alpha value is -2.37. The van der Waals surface area contributed by atoms with Crippen LogP contribution in [-0.2, 0) is 14.4 Å². The van der Waals surface area contributed by atoms with Crippen LogP contribution in [0.15, 0.2) is 18.2 Å². The highest BCUT2D eigenvalue weighted by Gasteiger charge is 2.29. The van der Waals surface area contributed by atoms with E-state index in [1.807, 2.05) is 0 Å². The smallest absolute Gasteiger partial charge is 0.262 e. The predicted octanol–water partition coefficient (Wildman–Crippen LogP) is 0.323. The van der Waals surface area contributed by atoms with Crippen molar-refractivity contribution < 1.29 is 19.1 Å². The first-order valence-corrected chi connectivity index (χ1v) is 5.52. The van der Waals surface area contributed by atoms with E-state index in [1.54, 1.807) is 18.2 Å². The molecule has 1 N–H and O–H groups in total. The lowest BCUT2D eigenvalue weighted by Gasteiger charge is -2.21. The van der Waals surface area contributed by atoms with Gasteiger partial charge in [-0.2, -0.15) is 0 Å². The molecule has 2 heterocycles. The summed E-state index contributed by atoms with van der Waals surface area (Å²) in [7, 11) is 0. The number of ketones is 1. The fourth-order valence-electron chi connectivity index (χ4n) is 2.05. The molecule has 0 radical (unpaired) electrons. The van der Waals surface area contributed by atoms with Crippen molar-refractivity contribution in [2.45, 2.75) is 6.42 Å². The largest absolute Gasteiger partial charge is 0.482 e. The maximum absolute atomic E-state index is 11.6. The van der Waals surface area contributed by atoms with E-state index in [0.29, 0.717) is 17.1 Å². The molecule has 0 saturated carbocycles. The number of ether oxygens (including phenoxy) is 1. The minimum Gasteiger partial charge on any atom is -0.482 e. The fourth-order valence-corrected chi connectivity index (χ4v) is 2.05. The lowest BCUT2D eigenvalue weighted by Crippen LogP contribution is -2.27. The first kappa shape index (κ1) is 10.8. The summed E-state index contributed by atoms with van der Waals surface area (Å²) in [4.78, 5) is 35.4. The molecule has 6 nitrogen and oxygen atoms in total. The molecule has 92 valence electrons. The van der Waals surface area contributed by atoms with Gasteiger partial charge < -0.3 is 15.0 Å². The molecule has 18 heavy (non-hydrogen) atoms. The van der Waals surface area contributed by atoms with E-state index < -0.39 is 0 Å². The highest BCUT2D eigenvalue weighted by Crippen LogP contribution is 2.33. The van der Waals surface area contributed by atoms with Crippen LogP contribution in [0.25, 0.3) is 0 Å². The molecule has 6 heteroatoms. The van der Waals surface area contributed by atoms with Gasteiger partial charge in [-0.1, -0.05) is 0 Å². The lowest BCUT2D eigenvalue weighted by molar-refractivity contribution is -0.121. The number of carbonyl (C=O) groups excluding carboxylic acids is 3. The average molecular weight is 246 g/mol. The molecular weight excluding hydrogens is 236 g/mol. The minimum atomic E-state index is -0.209. The summed E-state index contributed by atoms with van der Waals surface area (Å²) in [6.45, 7) is 0.0628. The quantitative estimate of drug-likeness (QED) is 0.724. The number of hydrogen-bond donors (Lipinski definition) is 1. The number of carbonyl (C=O) groups is 3. The number of fused-ring (bicyclic) bond motifs is 1. The van der Waals surface area contributed by atoms with Crippen molar-refractivity contribution in [3.05, 3.63) is 18.2 Å². The fraction of sp³-hybridized carbons (Fsp3) is 0.250. The molecule has 2 amide bonds. The number of nitrogens with zero attached hydrogens (tertiary/aromatic N) is 1. The van der Waals surface area contributed by atoms with Gasteiger partial charge in [-0.05, 0) is 12.1 Å². The second-order valence-electron chi connectivity index (χ2n) is 4.21. The average Bonchev–Trinajstić information content (AvgIpc) is 2.68. The third-order valence-corrected chi connectivity index (χ3v) is 2.89. The van der Waals surface area contributed by atoms with Gasteiger partial charge in [0, 0.05) is 11.8 Å². The van der Waals surface area contributed by atoms with Crippen molar-refractivity contribution in [2.75, 3.05) is 23.4 Å². The van der Waals surface area contributed by atoms with Gasteiger partial charge >= 0.3 is 0 Å². The SMILES string of the molecule is O=C1CC(=O)N(c2ccc3c(c2)OCC(=O)N3)C1. The number of amides is 2. The minimum absolute atomic E-state index is 0.0384. The summed E-state index contributed by atoms with van der Waals surface area (Å²) < 4.78 is 5.26. The summed E-state index contributed by atoms with van der Waals surface area (Å²) in [5.74, 6) is 0.00802. The molecule has 1 aromatic carbocycles. The molecule has 2 aliphatic heterocycles. The molecule has 3 rings (SSSR count). The summed E-state index contributed by atoms with van der Waals surface area (Å²) in [6.07, 6.45) is -0.0469.